The Hall–Kier alpha value is -7.11. The van der Waals surface area contributed by atoms with Crippen LogP contribution in [0.2, 0.25) is 0 Å². The maximum Gasteiger partial charge on any atom is 0.164 e. The van der Waals surface area contributed by atoms with Crippen molar-refractivity contribution < 1.29 is 0 Å². The number of pyridine rings is 1. The van der Waals surface area contributed by atoms with Crippen LogP contribution in [0.25, 0.3) is 89.6 Å². The van der Waals surface area contributed by atoms with Crippen LogP contribution in [-0.2, 0) is 0 Å². The Labute approximate surface area is 300 Å². The molecular formula is C47H31N5. The third-order valence-corrected chi connectivity index (χ3v) is 9.77. The van der Waals surface area contributed by atoms with Crippen molar-refractivity contribution in [1.29, 1.82) is 0 Å². The van der Waals surface area contributed by atoms with Gasteiger partial charge in [-0.1, -0.05) is 146 Å². The lowest BCUT2D eigenvalue weighted by Crippen LogP contribution is -2.01. The minimum absolute atomic E-state index is 0.624. The number of aromatic nitrogens is 5. The van der Waals surface area contributed by atoms with E-state index in [4.69, 9.17) is 15.0 Å². The van der Waals surface area contributed by atoms with Crippen molar-refractivity contribution in [2.45, 2.75) is 0 Å². The zero-order chi connectivity index (χ0) is 34.4. The van der Waals surface area contributed by atoms with Crippen molar-refractivity contribution in [1.82, 2.24) is 23.9 Å². The molecule has 0 aliphatic rings. The van der Waals surface area contributed by atoms with Gasteiger partial charge in [-0.3, -0.25) is 4.57 Å². The van der Waals surface area contributed by atoms with E-state index in [0.717, 1.165) is 39.1 Å². The highest BCUT2D eigenvalue weighted by Gasteiger charge is 2.23. The Kier molecular flexibility index (Phi) is 7.07. The molecule has 0 saturated carbocycles. The molecule has 6 aromatic carbocycles. The maximum absolute atomic E-state index is 5.05. The standard InChI is InChI=1S/C47H31N5/c1-5-16-32(17-6-1)36-27-28-40-39(31-36)43-42(33-18-7-2-8-19-33)41-26-13-14-29-51(41)47(43)52(40)38-25-15-24-37(30-38)46-49-44(34-20-9-3-10-21-34)48-45(50-46)35-22-11-4-12-23-35/h1-31H. The lowest BCUT2D eigenvalue weighted by Gasteiger charge is -2.12. The number of nitrogens with zero attached hydrogens (tertiary/aromatic N) is 5. The molecule has 0 radical (unpaired) electrons. The second-order valence-corrected chi connectivity index (χ2v) is 12.9. The van der Waals surface area contributed by atoms with E-state index in [2.05, 4.69) is 136 Å². The molecule has 10 rings (SSSR count). The normalized spacial score (nSPS) is 11.5. The van der Waals surface area contributed by atoms with E-state index in [-0.39, 0.29) is 0 Å². The van der Waals surface area contributed by atoms with Crippen molar-refractivity contribution in [2.24, 2.45) is 0 Å². The Morgan fingerprint density at radius 2 is 0.904 bits per heavy atom. The topological polar surface area (TPSA) is 48.0 Å². The Bertz CT molecular complexity index is 2820. The molecule has 0 amide bonds. The molecule has 5 nitrogen and oxygen atoms in total. The molecule has 0 saturated heterocycles. The monoisotopic (exact) mass is 665 g/mol. The Balaban J connectivity index is 1.25. The molecular weight excluding hydrogens is 635 g/mol. The van der Waals surface area contributed by atoms with Crippen LogP contribution >= 0.6 is 0 Å². The van der Waals surface area contributed by atoms with Gasteiger partial charge in [0.2, 0.25) is 0 Å². The molecule has 5 heteroatoms. The molecule has 4 heterocycles. The fourth-order valence-corrected chi connectivity index (χ4v) is 7.40. The summed E-state index contributed by atoms with van der Waals surface area (Å²) in [5.74, 6) is 1.91. The maximum atomic E-state index is 5.05. The summed E-state index contributed by atoms with van der Waals surface area (Å²) in [6.07, 6.45) is 2.17. The zero-order valence-electron chi connectivity index (χ0n) is 28.1. The second-order valence-electron chi connectivity index (χ2n) is 12.9. The van der Waals surface area contributed by atoms with Crippen LogP contribution in [0, 0.1) is 0 Å². The summed E-state index contributed by atoms with van der Waals surface area (Å²) < 4.78 is 4.72. The highest BCUT2D eigenvalue weighted by Crippen LogP contribution is 2.44. The summed E-state index contributed by atoms with van der Waals surface area (Å²) in [6.45, 7) is 0. The smallest absolute Gasteiger partial charge is 0.164 e. The van der Waals surface area contributed by atoms with E-state index < -0.39 is 0 Å². The molecule has 244 valence electrons. The summed E-state index contributed by atoms with van der Waals surface area (Å²) in [4.78, 5) is 15.0. The van der Waals surface area contributed by atoms with Gasteiger partial charge in [-0.25, -0.2) is 15.0 Å². The second kappa shape index (κ2) is 12.3. The van der Waals surface area contributed by atoms with Crippen LogP contribution in [0.4, 0.5) is 0 Å². The molecule has 4 aromatic heterocycles. The van der Waals surface area contributed by atoms with Gasteiger partial charge in [0.05, 0.1) is 11.0 Å². The van der Waals surface area contributed by atoms with Gasteiger partial charge < -0.3 is 4.40 Å². The molecule has 0 fully saturated rings. The first kappa shape index (κ1) is 29.8. The first-order valence-electron chi connectivity index (χ1n) is 17.5. The van der Waals surface area contributed by atoms with Crippen molar-refractivity contribution in [3.05, 3.63) is 188 Å². The molecule has 0 spiro atoms. The van der Waals surface area contributed by atoms with E-state index in [1.54, 1.807) is 0 Å². The SMILES string of the molecule is c1ccc(-c2ccc3c(c2)c2c(-c4ccccc4)c4ccccn4c2n3-c2cccc(-c3nc(-c4ccccc4)nc(-c4ccccc4)n3)c2)cc1. The third kappa shape index (κ3) is 4.98. The molecule has 0 aliphatic carbocycles. The molecule has 0 bridgehead atoms. The molecule has 10 aromatic rings. The first-order valence-corrected chi connectivity index (χ1v) is 17.5. The fraction of sp³-hybridized carbons (Fsp3) is 0. The van der Waals surface area contributed by atoms with Crippen LogP contribution < -0.4 is 0 Å². The predicted molar refractivity (Wildman–Crippen MR) is 212 cm³/mol. The summed E-state index contributed by atoms with van der Waals surface area (Å²) >= 11 is 0. The predicted octanol–water partition coefficient (Wildman–Crippen LogP) is 11.6. The largest absolute Gasteiger partial charge is 0.302 e. The minimum Gasteiger partial charge on any atom is -0.302 e. The highest BCUT2D eigenvalue weighted by molar-refractivity contribution is 6.20. The van der Waals surface area contributed by atoms with E-state index >= 15 is 0 Å². The first-order chi connectivity index (χ1) is 25.8. The summed E-state index contributed by atoms with van der Waals surface area (Å²) in [7, 11) is 0. The number of hydrogen-bond acceptors (Lipinski definition) is 3. The van der Waals surface area contributed by atoms with Gasteiger partial charge in [-0.2, -0.15) is 0 Å². The fourth-order valence-electron chi connectivity index (χ4n) is 7.40. The zero-order valence-corrected chi connectivity index (χ0v) is 28.1. The van der Waals surface area contributed by atoms with Gasteiger partial charge in [0.1, 0.15) is 5.65 Å². The van der Waals surface area contributed by atoms with Crippen LogP contribution in [0.3, 0.4) is 0 Å². The average molecular weight is 666 g/mol. The molecule has 52 heavy (non-hydrogen) atoms. The molecule has 0 aliphatic heterocycles. The highest BCUT2D eigenvalue weighted by atomic mass is 15.1. The summed E-state index contributed by atoms with van der Waals surface area (Å²) in [5, 5.41) is 2.41. The molecule has 0 N–H and O–H groups in total. The summed E-state index contributed by atoms with van der Waals surface area (Å²) in [5.41, 5.74) is 12.0. The number of hydrogen-bond donors (Lipinski definition) is 0. The van der Waals surface area contributed by atoms with E-state index in [1.165, 1.54) is 33.0 Å². The lowest BCUT2D eigenvalue weighted by molar-refractivity contribution is 1.07. The van der Waals surface area contributed by atoms with E-state index in [1.807, 2.05) is 60.7 Å². The van der Waals surface area contributed by atoms with Crippen LogP contribution in [0.5, 0.6) is 0 Å². The average Bonchev–Trinajstić information content (AvgIpc) is 3.74. The number of fused-ring (bicyclic) bond motifs is 5. The van der Waals surface area contributed by atoms with E-state index in [9.17, 15) is 0 Å². The van der Waals surface area contributed by atoms with Crippen molar-refractivity contribution in [3.63, 3.8) is 0 Å². The number of rotatable bonds is 6. The van der Waals surface area contributed by atoms with Gasteiger partial charge in [0.25, 0.3) is 0 Å². The van der Waals surface area contributed by atoms with Gasteiger partial charge in [0, 0.05) is 44.9 Å². The van der Waals surface area contributed by atoms with E-state index in [0.29, 0.717) is 17.5 Å². The minimum atomic E-state index is 0.624. The molecule has 0 unspecified atom stereocenters. The number of benzene rings is 6. The van der Waals surface area contributed by atoms with Crippen molar-refractivity contribution >= 4 is 27.5 Å². The van der Waals surface area contributed by atoms with Gasteiger partial charge >= 0.3 is 0 Å². The quantitative estimate of drug-likeness (QED) is 0.178. The Morgan fingerprint density at radius 1 is 0.365 bits per heavy atom. The summed E-state index contributed by atoms with van der Waals surface area (Å²) in [6, 6.07) is 63.4. The van der Waals surface area contributed by atoms with Crippen LogP contribution in [-0.4, -0.2) is 23.9 Å². The molecule has 0 atom stereocenters. The third-order valence-electron chi connectivity index (χ3n) is 9.77. The van der Waals surface area contributed by atoms with Crippen molar-refractivity contribution in [2.75, 3.05) is 0 Å². The van der Waals surface area contributed by atoms with Gasteiger partial charge in [0.15, 0.2) is 17.5 Å². The lowest BCUT2D eigenvalue weighted by atomic mass is 9.99. The Morgan fingerprint density at radius 3 is 1.54 bits per heavy atom. The van der Waals surface area contributed by atoms with Crippen LogP contribution in [0.1, 0.15) is 0 Å². The van der Waals surface area contributed by atoms with Gasteiger partial charge in [-0.15, -0.1) is 0 Å². The van der Waals surface area contributed by atoms with Gasteiger partial charge in [-0.05, 0) is 53.1 Å². The van der Waals surface area contributed by atoms with Crippen molar-refractivity contribution in [3.8, 4) is 62.1 Å². The van der Waals surface area contributed by atoms with Crippen LogP contribution in [0.15, 0.2) is 188 Å².